The topological polar surface area (TPSA) is 64.1 Å². The molecule has 4 rings (SSSR count). The smallest absolute Gasteiger partial charge is 0.252 e. The zero-order valence-corrected chi connectivity index (χ0v) is 17.4. The van der Waals surface area contributed by atoms with Gasteiger partial charge < -0.3 is 10.1 Å². The molecule has 2 heterocycles. The number of nitrogens with one attached hydrogen (secondary N) is 1. The molecule has 0 atom stereocenters. The highest BCUT2D eigenvalue weighted by Crippen LogP contribution is 2.30. The molecule has 0 aliphatic rings. The van der Waals surface area contributed by atoms with Crippen molar-refractivity contribution in [2.75, 3.05) is 7.11 Å². The van der Waals surface area contributed by atoms with E-state index in [4.69, 9.17) is 21.3 Å². The third-order valence-corrected chi connectivity index (χ3v) is 5.41. The highest BCUT2D eigenvalue weighted by molar-refractivity contribution is 6.32. The Labute approximate surface area is 179 Å². The summed E-state index contributed by atoms with van der Waals surface area (Å²) in [5.41, 5.74) is 4.68. The number of aromatic nitrogens is 2. The number of aryl methyl sites for hydroxylation is 1. The fourth-order valence-electron chi connectivity index (χ4n) is 3.28. The van der Waals surface area contributed by atoms with E-state index in [1.807, 2.05) is 55.5 Å². The van der Waals surface area contributed by atoms with Gasteiger partial charge in [-0.2, -0.15) is 0 Å². The van der Waals surface area contributed by atoms with E-state index in [0.29, 0.717) is 28.3 Å². The number of nitrogens with zero attached hydrogens (tertiary/aromatic N) is 2. The number of carbonyl (C=O) groups is 1. The van der Waals surface area contributed by atoms with Crippen molar-refractivity contribution in [3.05, 3.63) is 88.7 Å². The molecule has 0 fully saturated rings. The van der Waals surface area contributed by atoms with E-state index < -0.39 is 0 Å². The molecule has 0 aliphatic heterocycles. The summed E-state index contributed by atoms with van der Waals surface area (Å²) in [6.45, 7) is 2.32. The third-order valence-electron chi connectivity index (χ3n) is 5.00. The first-order valence-electron chi connectivity index (χ1n) is 9.48. The van der Waals surface area contributed by atoms with Crippen molar-refractivity contribution in [3.8, 4) is 17.0 Å². The molecule has 0 unspecified atom stereocenters. The van der Waals surface area contributed by atoms with Crippen LogP contribution in [0.1, 0.15) is 21.5 Å². The van der Waals surface area contributed by atoms with Crippen molar-refractivity contribution in [2.45, 2.75) is 13.5 Å². The zero-order valence-electron chi connectivity index (χ0n) is 16.6. The fraction of sp³-hybridized carbons (Fsp3) is 0.125. The van der Waals surface area contributed by atoms with Gasteiger partial charge in [0.05, 0.1) is 23.9 Å². The summed E-state index contributed by atoms with van der Waals surface area (Å²) in [5.74, 6) is 0.606. The van der Waals surface area contributed by atoms with Gasteiger partial charge in [0.25, 0.3) is 5.91 Å². The number of halogens is 1. The third kappa shape index (κ3) is 3.98. The van der Waals surface area contributed by atoms with Crippen LogP contribution < -0.4 is 10.1 Å². The van der Waals surface area contributed by atoms with Crippen LogP contribution >= 0.6 is 11.6 Å². The molecule has 6 heteroatoms. The standard InChI is InChI=1S/C24H20ClN3O2/c1-15-21(25)8-7-19-20(13-22(28-23(15)19)17-9-11-26-12-10-17)24(29)27-14-16-3-5-18(30-2)6-4-16/h3-13H,14H2,1-2H3,(H,27,29). The van der Waals surface area contributed by atoms with E-state index in [1.54, 1.807) is 25.6 Å². The van der Waals surface area contributed by atoms with Crippen LogP contribution in [-0.4, -0.2) is 23.0 Å². The normalized spacial score (nSPS) is 10.8. The van der Waals surface area contributed by atoms with Gasteiger partial charge in [0, 0.05) is 34.9 Å². The summed E-state index contributed by atoms with van der Waals surface area (Å²) in [5, 5.41) is 4.39. The Balaban J connectivity index is 1.72. The molecule has 0 saturated carbocycles. The largest absolute Gasteiger partial charge is 0.497 e. The van der Waals surface area contributed by atoms with Crippen LogP contribution in [0.3, 0.4) is 0 Å². The molecule has 1 amide bonds. The molecule has 0 saturated heterocycles. The SMILES string of the molecule is COc1ccc(CNC(=O)c2cc(-c3ccncc3)nc3c(C)c(Cl)ccc23)cc1. The molecule has 5 nitrogen and oxygen atoms in total. The maximum Gasteiger partial charge on any atom is 0.252 e. The number of benzene rings is 2. The molecule has 0 aliphatic carbocycles. The zero-order chi connectivity index (χ0) is 21.1. The second kappa shape index (κ2) is 8.51. The number of hydrogen-bond donors (Lipinski definition) is 1. The molecule has 0 bridgehead atoms. The molecule has 4 aromatic rings. The lowest BCUT2D eigenvalue weighted by Gasteiger charge is -2.13. The van der Waals surface area contributed by atoms with Crippen molar-refractivity contribution < 1.29 is 9.53 Å². The van der Waals surface area contributed by atoms with Gasteiger partial charge in [-0.15, -0.1) is 0 Å². The average Bonchev–Trinajstić information content (AvgIpc) is 2.80. The number of hydrogen-bond acceptors (Lipinski definition) is 4. The van der Waals surface area contributed by atoms with Crippen LogP contribution in [0.15, 0.2) is 67.0 Å². The minimum atomic E-state index is -0.171. The number of rotatable bonds is 5. The van der Waals surface area contributed by atoms with Gasteiger partial charge in [0.2, 0.25) is 0 Å². The summed E-state index contributed by atoms with van der Waals surface area (Å²) in [6.07, 6.45) is 3.41. The Bertz CT molecular complexity index is 1210. The summed E-state index contributed by atoms with van der Waals surface area (Å²) in [6, 6.07) is 16.8. The van der Waals surface area contributed by atoms with Crippen LogP contribution in [-0.2, 0) is 6.54 Å². The minimum absolute atomic E-state index is 0.171. The molecule has 1 N–H and O–H groups in total. The first-order chi connectivity index (χ1) is 14.6. The van der Waals surface area contributed by atoms with E-state index in [2.05, 4.69) is 10.3 Å². The van der Waals surface area contributed by atoms with E-state index >= 15 is 0 Å². The monoisotopic (exact) mass is 417 g/mol. The van der Waals surface area contributed by atoms with Gasteiger partial charge in [0.15, 0.2) is 0 Å². The molecule has 2 aromatic heterocycles. The summed E-state index contributed by atoms with van der Waals surface area (Å²) in [4.78, 5) is 22.0. The predicted octanol–water partition coefficient (Wildman–Crippen LogP) is 5.20. The number of amides is 1. The van der Waals surface area contributed by atoms with Gasteiger partial charge >= 0.3 is 0 Å². The van der Waals surface area contributed by atoms with E-state index in [1.165, 1.54) is 0 Å². The highest BCUT2D eigenvalue weighted by atomic mass is 35.5. The number of carbonyl (C=O) groups excluding carboxylic acids is 1. The molecule has 2 aromatic carbocycles. The van der Waals surface area contributed by atoms with Crippen LogP contribution in [0.5, 0.6) is 5.75 Å². The summed E-state index contributed by atoms with van der Waals surface area (Å²) >= 11 is 6.32. The molecular weight excluding hydrogens is 398 g/mol. The quantitative estimate of drug-likeness (QED) is 0.485. The lowest BCUT2D eigenvalue weighted by Crippen LogP contribution is -2.23. The Hall–Kier alpha value is -3.44. The lowest BCUT2D eigenvalue weighted by molar-refractivity contribution is 0.0952. The van der Waals surface area contributed by atoms with Crippen molar-refractivity contribution in [2.24, 2.45) is 0 Å². The Morgan fingerprint density at radius 1 is 1.07 bits per heavy atom. The van der Waals surface area contributed by atoms with E-state index in [9.17, 15) is 4.79 Å². The second-order valence-corrected chi connectivity index (χ2v) is 7.30. The van der Waals surface area contributed by atoms with Gasteiger partial charge in [-0.05, 0) is 54.4 Å². The van der Waals surface area contributed by atoms with Crippen LogP contribution in [0, 0.1) is 6.92 Å². The lowest BCUT2D eigenvalue weighted by atomic mass is 10.0. The Kier molecular flexibility index (Phi) is 5.63. The fourth-order valence-corrected chi connectivity index (χ4v) is 3.44. The number of ether oxygens (including phenoxy) is 1. The summed E-state index contributed by atoms with van der Waals surface area (Å²) in [7, 11) is 1.62. The van der Waals surface area contributed by atoms with Crippen LogP contribution in [0.4, 0.5) is 0 Å². The van der Waals surface area contributed by atoms with Gasteiger partial charge in [-0.1, -0.05) is 29.8 Å². The van der Waals surface area contributed by atoms with Crippen LogP contribution in [0.2, 0.25) is 5.02 Å². The Morgan fingerprint density at radius 3 is 2.50 bits per heavy atom. The molecule has 150 valence electrons. The Morgan fingerprint density at radius 2 is 1.80 bits per heavy atom. The molecular formula is C24H20ClN3O2. The molecule has 30 heavy (non-hydrogen) atoms. The molecule has 0 spiro atoms. The number of methoxy groups -OCH3 is 1. The van der Waals surface area contributed by atoms with Gasteiger partial charge in [-0.3, -0.25) is 9.78 Å². The van der Waals surface area contributed by atoms with Crippen molar-refractivity contribution in [1.29, 1.82) is 0 Å². The van der Waals surface area contributed by atoms with Gasteiger partial charge in [-0.25, -0.2) is 4.98 Å². The van der Waals surface area contributed by atoms with Gasteiger partial charge in [0.1, 0.15) is 5.75 Å². The minimum Gasteiger partial charge on any atom is -0.497 e. The van der Waals surface area contributed by atoms with Crippen molar-refractivity contribution in [1.82, 2.24) is 15.3 Å². The second-order valence-electron chi connectivity index (χ2n) is 6.89. The maximum absolute atomic E-state index is 13.1. The summed E-state index contributed by atoms with van der Waals surface area (Å²) < 4.78 is 5.18. The van der Waals surface area contributed by atoms with E-state index in [0.717, 1.165) is 27.8 Å². The predicted molar refractivity (Wildman–Crippen MR) is 119 cm³/mol. The first kappa shape index (κ1) is 19.9. The van der Waals surface area contributed by atoms with Crippen molar-refractivity contribution >= 4 is 28.4 Å². The first-order valence-corrected chi connectivity index (χ1v) is 9.86. The number of fused-ring (bicyclic) bond motifs is 1. The number of pyridine rings is 2. The average molecular weight is 418 g/mol. The van der Waals surface area contributed by atoms with E-state index in [-0.39, 0.29) is 5.91 Å². The molecule has 0 radical (unpaired) electrons. The highest BCUT2D eigenvalue weighted by Gasteiger charge is 2.16. The van der Waals surface area contributed by atoms with Crippen LogP contribution in [0.25, 0.3) is 22.2 Å². The van der Waals surface area contributed by atoms with Crippen molar-refractivity contribution in [3.63, 3.8) is 0 Å². The maximum atomic E-state index is 13.1.